The van der Waals surface area contributed by atoms with Crippen molar-refractivity contribution >= 4 is 75.4 Å². The van der Waals surface area contributed by atoms with Crippen LogP contribution in [0, 0.1) is 0 Å². The van der Waals surface area contributed by atoms with Crippen molar-refractivity contribution in [1.29, 1.82) is 0 Å². The summed E-state index contributed by atoms with van der Waals surface area (Å²) >= 11 is 0. The molecule has 0 aliphatic heterocycles. The average Bonchev–Trinajstić information content (AvgIpc) is 3.21. The molecule has 0 spiro atoms. The van der Waals surface area contributed by atoms with E-state index in [1.807, 2.05) is 0 Å². The fourth-order valence-electron chi connectivity index (χ4n) is 8.85. The quantitative estimate of drug-likeness (QED) is 0.131. The molecule has 0 amide bonds. The number of hydrogen-bond acceptors (Lipinski definition) is 0. The van der Waals surface area contributed by atoms with Gasteiger partial charge in [0.2, 0.25) is 0 Å². The Balaban J connectivity index is 1.22. The summed E-state index contributed by atoms with van der Waals surface area (Å²) in [6.45, 7) is 0. The Labute approximate surface area is 301 Å². The molecular formula is C52H32. The smallest absolute Gasteiger partial charge is 0.00201 e. The van der Waals surface area contributed by atoms with E-state index in [0.717, 1.165) is 0 Å². The predicted molar refractivity (Wildman–Crippen MR) is 225 cm³/mol. The van der Waals surface area contributed by atoms with Gasteiger partial charge in [0.25, 0.3) is 0 Å². The van der Waals surface area contributed by atoms with E-state index in [2.05, 4.69) is 194 Å². The zero-order valence-corrected chi connectivity index (χ0v) is 28.5. The summed E-state index contributed by atoms with van der Waals surface area (Å²) in [7, 11) is 0. The highest BCUT2D eigenvalue weighted by atomic mass is 14.2. The molecule has 0 aliphatic rings. The van der Waals surface area contributed by atoms with Crippen LogP contribution in [0.5, 0.6) is 0 Å². The molecule has 0 unspecified atom stereocenters. The summed E-state index contributed by atoms with van der Waals surface area (Å²) < 4.78 is 0. The van der Waals surface area contributed by atoms with E-state index >= 15 is 0 Å². The lowest BCUT2D eigenvalue weighted by molar-refractivity contribution is 1.68. The van der Waals surface area contributed by atoms with E-state index in [4.69, 9.17) is 0 Å². The van der Waals surface area contributed by atoms with Gasteiger partial charge in [-0.3, -0.25) is 0 Å². The summed E-state index contributed by atoms with van der Waals surface area (Å²) in [5, 5.41) is 17.8. The van der Waals surface area contributed by atoms with Crippen LogP contribution < -0.4 is 0 Å². The van der Waals surface area contributed by atoms with Crippen molar-refractivity contribution < 1.29 is 0 Å². The first kappa shape index (κ1) is 29.0. The average molecular weight is 657 g/mol. The number of benzene rings is 11. The third-order valence-corrected chi connectivity index (χ3v) is 11.2. The molecular weight excluding hydrogens is 625 g/mol. The fourth-order valence-corrected chi connectivity index (χ4v) is 8.85. The summed E-state index contributed by atoms with van der Waals surface area (Å²) in [6.07, 6.45) is 0. The SMILES string of the molecule is c1ccc2cc(-c3c4ccccc4c(-c4cccc5c4ccc4c(-c6ccc7ccccc7c6)c6ccccc6cc45)c4ccccc34)ccc2c1. The molecule has 0 N–H and O–H groups in total. The monoisotopic (exact) mass is 656 g/mol. The Morgan fingerprint density at radius 2 is 0.615 bits per heavy atom. The highest BCUT2D eigenvalue weighted by Crippen LogP contribution is 2.47. The first-order valence-electron chi connectivity index (χ1n) is 18.1. The molecule has 11 aromatic rings. The van der Waals surface area contributed by atoms with Gasteiger partial charge in [0.05, 0.1) is 0 Å². The zero-order valence-electron chi connectivity index (χ0n) is 28.5. The minimum atomic E-state index is 1.25. The lowest BCUT2D eigenvalue weighted by Gasteiger charge is -2.20. The van der Waals surface area contributed by atoms with Crippen LogP contribution in [0.4, 0.5) is 0 Å². The number of fused-ring (bicyclic) bond motifs is 8. The van der Waals surface area contributed by atoms with Crippen molar-refractivity contribution in [3.63, 3.8) is 0 Å². The largest absolute Gasteiger partial charge is 0.0616 e. The van der Waals surface area contributed by atoms with Crippen LogP contribution in [0.1, 0.15) is 0 Å². The van der Waals surface area contributed by atoms with Gasteiger partial charge in [-0.05, 0) is 127 Å². The van der Waals surface area contributed by atoms with E-state index in [-0.39, 0.29) is 0 Å². The molecule has 0 heteroatoms. The Bertz CT molecular complexity index is 3180. The molecule has 0 bridgehead atoms. The molecule has 0 saturated heterocycles. The first-order valence-corrected chi connectivity index (χ1v) is 18.1. The minimum Gasteiger partial charge on any atom is -0.0616 e. The van der Waals surface area contributed by atoms with Crippen LogP contribution in [-0.2, 0) is 0 Å². The van der Waals surface area contributed by atoms with Crippen molar-refractivity contribution in [2.24, 2.45) is 0 Å². The maximum atomic E-state index is 2.40. The van der Waals surface area contributed by atoms with Gasteiger partial charge in [0.15, 0.2) is 0 Å². The lowest BCUT2D eigenvalue weighted by Crippen LogP contribution is -1.92. The molecule has 0 atom stereocenters. The maximum Gasteiger partial charge on any atom is -0.00201 e. The van der Waals surface area contributed by atoms with Gasteiger partial charge < -0.3 is 0 Å². The van der Waals surface area contributed by atoms with Crippen molar-refractivity contribution in [1.82, 2.24) is 0 Å². The van der Waals surface area contributed by atoms with Gasteiger partial charge in [0.1, 0.15) is 0 Å². The Morgan fingerprint density at radius 3 is 1.21 bits per heavy atom. The van der Waals surface area contributed by atoms with Crippen LogP contribution in [0.2, 0.25) is 0 Å². The van der Waals surface area contributed by atoms with Crippen molar-refractivity contribution in [2.75, 3.05) is 0 Å². The second-order valence-corrected chi connectivity index (χ2v) is 14.0. The zero-order chi connectivity index (χ0) is 34.2. The van der Waals surface area contributed by atoms with Gasteiger partial charge >= 0.3 is 0 Å². The highest BCUT2D eigenvalue weighted by Gasteiger charge is 2.19. The standard InChI is InChI=1S/C52H32/c1-3-14-35-30-38(26-24-33(35)12-1)50-40-17-6-5-16-37(40)32-49-41-22-11-23-43(42(41)28-29-48(49)50)52-46-20-9-7-18-44(46)51(45-19-8-10-21-47(45)52)39-27-25-34-13-2-4-15-36(34)31-39/h1-32H. The van der Waals surface area contributed by atoms with Crippen LogP contribution in [0.3, 0.4) is 0 Å². The van der Waals surface area contributed by atoms with Gasteiger partial charge in [-0.2, -0.15) is 0 Å². The maximum absolute atomic E-state index is 2.40. The molecule has 0 aliphatic carbocycles. The van der Waals surface area contributed by atoms with E-state index in [9.17, 15) is 0 Å². The van der Waals surface area contributed by atoms with E-state index in [1.54, 1.807) is 0 Å². The van der Waals surface area contributed by atoms with Gasteiger partial charge in [-0.15, -0.1) is 0 Å². The van der Waals surface area contributed by atoms with Crippen molar-refractivity contribution in [3.8, 4) is 33.4 Å². The van der Waals surface area contributed by atoms with Crippen LogP contribution in [-0.4, -0.2) is 0 Å². The summed E-state index contributed by atoms with van der Waals surface area (Å²) in [5.74, 6) is 0. The topological polar surface area (TPSA) is 0 Å². The van der Waals surface area contributed by atoms with E-state index in [0.29, 0.717) is 0 Å². The van der Waals surface area contributed by atoms with Gasteiger partial charge in [-0.25, -0.2) is 0 Å². The van der Waals surface area contributed by atoms with Gasteiger partial charge in [0, 0.05) is 0 Å². The molecule has 0 nitrogen and oxygen atoms in total. The van der Waals surface area contributed by atoms with E-state index < -0.39 is 0 Å². The molecule has 0 fully saturated rings. The third kappa shape index (κ3) is 4.35. The normalized spacial score (nSPS) is 11.8. The molecule has 11 rings (SSSR count). The second-order valence-electron chi connectivity index (χ2n) is 14.0. The Morgan fingerprint density at radius 1 is 0.192 bits per heavy atom. The fraction of sp³-hybridized carbons (Fsp3) is 0. The van der Waals surface area contributed by atoms with Crippen molar-refractivity contribution in [3.05, 3.63) is 194 Å². The third-order valence-electron chi connectivity index (χ3n) is 11.2. The molecule has 0 heterocycles. The summed E-state index contributed by atoms with van der Waals surface area (Å²) in [5.41, 5.74) is 7.63. The Kier molecular flexibility index (Phi) is 6.35. The Hall–Kier alpha value is -6.76. The molecule has 52 heavy (non-hydrogen) atoms. The predicted octanol–water partition coefficient (Wildman–Crippen LogP) is 14.8. The minimum absolute atomic E-state index is 1.25. The molecule has 0 saturated carbocycles. The molecule has 240 valence electrons. The van der Waals surface area contributed by atoms with E-state index in [1.165, 1.54) is 109 Å². The molecule has 11 aromatic carbocycles. The first-order chi connectivity index (χ1) is 25.8. The highest BCUT2D eigenvalue weighted by molar-refractivity contribution is 6.27. The summed E-state index contributed by atoms with van der Waals surface area (Å²) in [6, 6.07) is 72.0. The van der Waals surface area contributed by atoms with Crippen LogP contribution in [0.15, 0.2) is 194 Å². The lowest BCUT2D eigenvalue weighted by atomic mass is 9.83. The van der Waals surface area contributed by atoms with Crippen LogP contribution >= 0.6 is 0 Å². The molecule has 0 radical (unpaired) electrons. The number of rotatable bonds is 3. The van der Waals surface area contributed by atoms with Crippen LogP contribution in [0.25, 0.3) is 109 Å². The molecule has 0 aromatic heterocycles. The van der Waals surface area contributed by atoms with Gasteiger partial charge in [-0.1, -0.05) is 176 Å². The summed E-state index contributed by atoms with van der Waals surface area (Å²) in [4.78, 5) is 0. The second kappa shape index (κ2) is 11.4. The number of hydrogen-bond donors (Lipinski definition) is 0. The van der Waals surface area contributed by atoms with Crippen molar-refractivity contribution in [2.45, 2.75) is 0 Å².